The Morgan fingerprint density at radius 1 is 0.647 bits per heavy atom. The molecule has 0 radical (unpaired) electrons. The molecule has 0 heterocycles. The van der Waals surface area contributed by atoms with Gasteiger partial charge in [-0.25, -0.2) is 0 Å². The van der Waals surface area contributed by atoms with E-state index in [1.54, 1.807) is 21.3 Å². The van der Waals surface area contributed by atoms with Gasteiger partial charge in [-0.2, -0.15) is 0 Å². The number of hydrogen-bond acceptors (Lipinski definition) is 4. The van der Waals surface area contributed by atoms with E-state index < -0.39 is 10.9 Å². The molecule has 34 heavy (non-hydrogen) atoms. The van der Waals surface area contributed by atoms with E-state index in [4.69, 9.17) is 14.2 Å². The summed E-state index contributed by atoms with van der Waals surface area (Å²) >= 11 is 0. The highest BCUT2D eigenvalue weighted by atomic mass is 32.2. The number of ketones is 1. The highest BCUT2D eigenvalue weighted by molar-refractivity contribution is 7.97. The Bertz CT molecular complexity index is 1240. The maximum atomic E-state index is 12.9. The zero-order chi connectivity index (χ0) is 24.1. The average molecular weight is 472 g/mol. The summed E-state index contributed by atoms with van der Waals surface area (Å²) in [5.74, 6) is 2.03. The number of ether oxygens (including phenoxy) is 3. The highest BCUT2D eigenvalue weighted by Crippen LogP contribution is 2.44. The van der Waals surface area contributed by atoms with Crippen LogP contribution in [0.15, 0.2) is 106 Å². The second-order valence-electron chi connectivity index (χ2n) is 7.70. The van der Waals surface area contributed by atoms with Crippen molar-refractivity contribution in [1.29, 1.82) is 0 Å². The number of carbonyl (C=O) groups is 1. The second kappa shape index (κ2) is 10.5. The van der Waals surface area contributed by atoms with Crippen molar-refractivity contribution in [2.75, 3.05) is 21.3 Å². The van der Waals surface area contributed by atoms with Crippen LogP contribution in [0, 0.1) is 6.92 Å². The van der Waals surface area contributed by atoms with Gasteiger partial charge in [0, 0.05) is 23.3 Å². The lowest BCUT2D eigenvalue weighted by Gasteiger charge is -2.16. The van der Waals surface area contributed by atoms with E-state index in [9.17, 15) is 4.79 Å². The molecule has 0 amide bonds. The third-order valence-corrected chi connectivity index (χ3v) is 7.82. The fourth-order valence-corrected chi connectivity index (χ4v) is 5.97. The molecular formula is C29H27O4S+. The summed E-state index contributed by atoms with van der Waals surface area (Å²) < 4.78 is 17.0. The molecule has 1 atom stereocenters. The topological polar surface area (TPSA) is 44.8 Å². The summed E-state index contributed by atoms with van der Waals surface area (Å²) in [6.45, 7) is 2.07. The normalized spacial score (nSPS) is 11.5. The van der Waals surface area contributed by atoms with Crippen LogP contribution in [0.25, 0.3) is 0 Å². The summed E-state index contributed by atoms with van der Waals surface area (Å²) in [4.78, 5) is 16.0. The van der Waals surface area contributed by atoms with Gasteiger partial charge >= 0.3 is 0 Å². The molecule has 0 saturated heterocycles. The lowest BCUT2D eigenvalue weighted by molar-refractivity contribution is 0.103. The summed E-state index contributed by atoms with van der Waals surface area (Å²) in [5.41, 5.74) is 2.51. The SMILES string of the molecule is COc1cc(OC)c([S+](c2ccc(C)cc2)c2ccc(C(=O)c3ccccc3)cc2)c(OC)c1. The zero-order valence-corrected chi connectivity index (χ0v) is 20.5. The molecule has 0 fully saturated rings. The summed E-state index contributed by atoms with van der Waals surface area (Å²) in [6, 6.07) is 29.3. The van der Waals surface area contributed by atoms with Gasteiger partial charge in [0.05, 0.1) is 21.3 Å². The maximum absolute atomic E-state index is 12.9. The first-order valence-electron chi connectivity index (χ1n) is 10.9. The molecule has 0 spiro atoms. The molecule has 1 unspecified atom stereocenters. The van der Waals surface area contributed by atoms with E-state index >= 15 is 0 Å². The third-order valence-electron chi connectivity index (χ3n) is 5.52. The van der Waals surface area contributed by atoms with Crippen LogP contribution in [-0.4, -0.2) is 27.1 Å². The minimum Gasteiger partial charge on any atom is -0.496 e. The van der Waals surface area contributed by atoms with E-state index in [0.717, 1.165) is 14.7 Å². The number of rotatable bonds is 8. The quantitative estimate of drug-likeness (QED) is 0.222. The minimum absolute atomic E-state index is 0.00183. The Labute approximate surface area is 203 Å². The smallest absolute Gasteiger partial charge is 0.250 e. The summed E-state index contributed by atoms with van der Waals surface area (Å²) in [5, 5.41) is 0. The summed E-state index contributed by atoms with van der Waals surface area (Å²) in [7, 11) is 4.38. The largest absolute Gasteiger partial charge is 0.496 e. The first-order chi connectivity index (χ1) is 16.5. The maximum Gasteiger partial charge on any atom is 0.250 e. The molecule has 4 rings (SSSR count). The Balaban J connectivity index is 1.84. The number of benzene rings is 4. The zero-order valence-electron chi connectivity index (χ0n) is 19.7. The Hall–Kier alpha value is -3.70. The molecule has 172 valence electrons. The van der Waals surface area contributed by atoms with Crippen LogP contribution in [0.3, 0.4) is 0 Å². The Morgan fingerprint density at radius 3 is 1.65 bits per heavy atom. The Kier molecular flexibility index (Phi) is 7.24. The van der Waals surface area contributed by atoms with Crippen molar-refractivity contribution in [2.24, 2.45) is 0 Å². The van der Waals surface area contributed by atoms with Crippen LogP contribution >= 0.6 is 0 Å². The van der Waals surface area contributed by atoms with Gasteiger partial charge in [0.25, 0.3) is 0 Å². The predicted molar refractivity (Wildman–Crippen MR) is 136 cm³/mol. The average Bonchev–Trinajstić information content (AvgIpc) is 2.90. The van der Waals surface area contributed by atoms with Gasteiger partial charge in [0.2, 0.25) is 4.90 Å². The fourth-order valence-electron chi connectivity index (χ4n) is 3.72. The van der Waals surface area contributed by atoms with Crippen LogP contribution in [-0.2, 0) is 10.9 Å². The van der Waals surface area contributed by atoms with Gasteiger partial charge in [-0.15, -0.1) is 0 Å². The lowest BCUT2D eigenvalue weighted by Crippen LogP contribution is -2.10. The van der Waals surface area contributed by atoms with Crippen LogP contribution in [0.2, 0.25) is 0 Å². The molecule has 0 aliphatic carbocycles. The van der Waals surface area contributed by atoms with E-state index in [1.807, 2.05) is 66.7 Å². The first kappa shape index (κ1) is 23.5. The Morgan fingerprint density at radius 2 is 1.15 bits per heavy atom. The van der Waals surface area contributed by atoms with Crippen molar-refractivity contribution in [3.63, 3.8) is 0 Å². The van der Waals surface area contributed by atoms with Crippen LogP contribution in [0.5, 0.6) is 17.2 Å². The van der Waals surface area contributed by atoms with Crippen LogP contribution in [0.1, 0.15) is 21.5 Å². The van der Waals surface area contributed by atoms with Crippen molar-refractivity contribution >= 4 is 16.7 Å². The number of methoxy groups -OCH3 is 3. The van der Waals surface area contributed by atoms with E-state index in [0.29, 0.717) is 28.4 Å². The predicted octanol–water partition coefficient (Wildman–Crippen LogP) is 6.35. The molecule has 4 nitrogen and oxygen atoms in total. The monoisotopic (exact) mass is 471 g/mol. The van der Waals surface area contributed by atoms with Crippen LogP contribution < -0.4 is 14.2 Å². The molecule has 5 heteroatoms. The minimum atomic E-state index is -0.539. The van der Waals surface area contributed by atoms with Crippen molar-refractivity contribution in [1.82, 2.24) is 0 Å². The molecule has 0 N–H and O–H groups in total. The molecule has 0 aliphatic heterocycles. The van der Waals surface area contributed by atoms with E-state index in [2.05, 4.69) is 31.2 Å². The summed E-state index contributed by atoms with van der Waals surface area (Å²) in [6.07, 6.45) is 0. The highest BCUT2D eigenvalue weighted by Gasteiger charge is 2.36. The number of aryl methyl sites for hydroxylation is 1. The van der Waals surface area contributed by atoms with Gasteiger partial charge < -0.3 is 14.2 Å². The van der Waals surface area contributed by atoms with Gasteiger partial charge in [-0.05, 0) is 43.3 Å². The third kappa shape index (κ3) is 4.80. The number of hydrogen-bond donors (Lipinski definition) is 0. The molecule has 0 aromatic heterocycles. The van der Waals surface area contributed by atoms with Gasteiger partial charge in [-0.1, -0.05) is 48.0 Å². The van der Waals surface area contributed by atoms with Gasteiger partial charge in [-0.3, -0.25) is 4.79 Å². The van der Waals surface area contributed by atoms with Gasteiger partial charge in [0.1, 0.15) is 16.6 Å². The molecule has 4 aromatic rings. The first-order valence-corrected chi connectivity index (χ1v) is 12.1. The molecule has 0 aliphatic rings. The molecule has 0 saturated carbocycles. The van der Waals surface area contributed by atoms with Crippen molar-refractivity contribution in [3.8, 4) is 17.2 Å². The molecule has 0 bridgehead atoms. The number of carbonyl (C=O) groups excluding carboxylic acids is 1. The standard InChI is InChI=1S/C29H27O4S/c1-20-10-14-24(15-11-20)34(29-26(32-3)18-23(31-2)19-27(29)33-4)25-16-12-22(13-17-25)28(30)21-8-6-5-7-9-21/h5-19H,1-4H3/q+1. The van der Waals surface area contributed by atoms with Crippen molar-refractivity contribution in [2.45, 2.75) is 21.6 Å². The second-order valence-corrected chi connectivity index (χ2v) is 9.66. The fraction of sp³-hybridized carbons (Fsp3) is 0.138. The van der Waals surface area contributed by atoms with Gasteiger partial charge in [0.15, 0.2) is 27.1 Å². The van der Waals surface area contributed by atoms with E-state index in [1.165, 1.54) is 5.56 Å². The van der Waals surface area contributed by atoms with Crippen molar-refractivity contribution < 1.29 is 19.0 Å². The van der Waals surface area contributed by atoms with E-state index in [-0.39, 0.29) is 5.78 Å². The lowest BCUT2D eigenvalue weighted by atomic mass is 10.0. The molecular weight excluding hydrogens is 444 g/mol. The van der Waals surface area contributed by atoms with Crippen molar-refractivity contribution in [3.05, 3.63) is 108 Å². The van der Waals surface area contributed by atoms with Crippen LogP contribution in [0.4, 0.5) is 0 Å². The molecule has 4 aromatic carbocycles.